The second-order valence-corrected chi connectivity index (χ2v) is 5.72. The first-order valence-corrected chi connectivity index (χ1v) is 6.84. The van der Waals surface area contributed by atoms with Crippen molar-refractivity contribution in [2.75, 3.05) is 33.7 Å². The van der Waals surface area contributed by atoms with Crippen molar-refractivity contribution < 1.29 is 14.3 Å². The quantitative estimate of drug-likeness (QED) is 0.895. The third kappa shape index (κ3) is 3.77. The van der Waals surface area contributed by atoms with Crippen molar-refractivity contribution >= 4 is 5.97 Å². The molecule has 5 heteroatoms. The lowest BCUT2D eigenvalue weighted by Crippen LogP contribution is -2.27. The van der Waals surface area contributed by atoms with Crippen LogP contribution in [0.3, 0.4) is 0 Å². The number of halogens is 1. The third-order valence-electron chi connectivity index (χ3n) is 3.80. The number of benzene rings is 1. The monoisotopic (exact) mass is 280 g/mol. The fourth-order valence-electron chi connectivity index (χ4n) is 2.86. The second kappa shape index (κ2) is 6.33. The van der Waals surface area contributed by atoms with E-state index in [1.165, 1.54) is 12.5 Å². The van der Waals surface area contributed by atoms with E-state index < -0.39 is 11.8 Å². The van der Waals surface area contributed by atoms with Crippen LogP contribution in [0.4, 0.5) is 4.39 Å². The van der Waals surface area contributed by atoms with Crippen LogP contribution in [0, 0.1) is 11.7 Å². The lowest BCUT2D eigenvalue weighted by molar-refractivity contribution is 0.0694. The highest BCUT2D eigenvalue weighted by atomic mass is 19.1. The van der Waals surface area contributed by atoms with E-state index in [2.05, 4.69) is 16.8 Å². The first kappa shape index (κ1) is 14.9. The molecule has 0 radical (unpaired) electrons. The van der Waals surface area contributed by atoms with E-state index in [1.54, 1.807) is 6.07 Å². The summed E-state index contributed by atoms with van der Waals surface area (Å²) in [6, 6.07) is 3.98. The average Bonchev–Trinajstić information content (AvgIpc) is 2.76. The Morgan fingerprint density at radius 2 is 2.30 bits per heavy atom. The molecule has 2 rings (SSSR count). The van der Waals surface area contributed by atoms with Crippen molar-refractivity contribution in [2.24, 2.45) is 5.92 Å². The Morgan fingerprint density at radius 3 is 2.90 bits per heavy atom. The number of carboxylic acids is 1. The molecule has 1 aliphatic rings. The zero-order chi connectivity index (χ0) is 14.7. The van der Waals surface area contributed by atoms with Crippen LogP contribution in [0.2, 0.25) is 0 Å². The number of aromatic carboxylic acids is 1. The number of rotatable bonds is 5. The van der Waals surface area contributed by atoms with Gasteiger partial charge in [0.05, 0.1) is 5.56 Å². The van der Waals surface area contributed by atoms with Crippen LogP contribution in [0.15, 0.2) is 18.2 Å². The molecule has 0 aliphatic carbocycles. The number of hydrogen-bond donors (Lipinski definition) is 1. The van der Waals surface area contributed by atoms with Gasteiger partial charge < -0.3 is 14.9 Å². The summed E-state index contributed by atoms with van der Waals surface area (Å²) in [7, 11) is 4.09. The molecule has 0 amide bonds. The Bertz CT molecular complexity index is 493. The maximum absolute atomic E-state index is 13.1. The molecule has 1 atom stereocenters. The van der Waals surface area contributed by atoms with Gasteiger partial charge in [-0.3, -0.25) is 0 Å². The molecule has 1 unspecified atom stereocenters. The van der Waals surface area contributed by atoms with Crippen LogP contribution in [-0.4, -0.2) is 54.6 Å². The molecule has 1 aromatic carbocycles. The van der Waals surface area contributed by atoms with Gasteiger partial charge in [-0.1, -0.05) is 6.07 Å². The summed E-state index contributed by atoms with van der Waals surface area (Å²) in [6.45, 7) is 3.66. The van der Waals surface area contributed by atoms with Crippen molar-refractivity contribution in [3.05, 3.63) is 35.1 Å². The predicted molar refractivity (Wildman–Crippen MR) is 75.3 cm³/mol. The minimum atomic E-state index is -1.08. The Kier molecular flexibility index (Phi) is 4.73. The van der Waals surface area contributed by atoms with Crippen molar-refractivity contribution in [2.45, 2.75) is 13.0 Å². The van der Waals surface area contributed by atoms with E-state index in [1.807, 2.05) is 7.05 Å². The molecular formula is C15H21FN2O2. The highest BCUT2D eigenvalue weighted by Crippen LogP contribution is 2.18. The zero-order valence-corrected chi connectivity index (χ0v) is 12.0. The molecule has 0 saturated carbocycles. The molecule has 1 fully saturated rings. The van der Waals surface area contributed by atoms with Crippen molar-refractivity contribution in [3.8, 4) is 0 Å². The van der Waals surface area contributed by atoms with Crippen LogP contribution in [0.1, 0.15) is 22.3 Å². The summed E-state index contributed by atoms with van der Waals surface area (Å²) < 4.78 is 13.1. The molecule has 1 heterocycles. The van der Waals surface area contributed by atoms with Gasteiger partial charge in [-0.05, 0) is 50.7 Å². The van der Waals surface area contributed by atoms with Gasteiger partial charge in [-0.2, -0.15) is 0 Å². The minimum absolute atomic E-state index is 0.0559. The Labute approximate surface area is 118 Å². The summed E-state index contributed by atoms with van der Waals surface area (Å²) in [5, 5.41) is 9.13. The molecule has 0 aromatic heterocycles. The first-order chi connectivity index (χ1) is 9.45. The highest BCUT2D eigenvalue weighted by Gasteiger charge is 2.21. The molecule has 1 N–H and O–H groups in total. The molecule has 1 saturated heterocycles. The summed E-state index contributed by atoms with van der Waals surface area (Å²) in [6.07, 6.45) is 1.18. The standard InChI is InChI=1S/C15H21FN2O2/c1-17-6-5-11(8-17)9-18(2)10-12-3-4-13(16)7-14(12)15(19)20/h3-4,7,11H,5-6,8-10H2,1-2H3,(H,19,20). The Balaban J connectivity index is 2.00. The summed E-state index contributed by atoms with van der Waals surface area (Å²) in [4.78, 5) is 15.6. The molecular weight excluding hydrogens is 259 g/mol. The summed E-state index contributed by atoms with van der Waals surface area (Å²) in [5.41, 5.74) is 0.716. The number of hydrogen-bond acceptors (Lipinski definition) is 3. The van der Waals surface area contributed by atoms with Gasteiger partial charge in [-0.25, -0.2) is 9.18 Å². The number of likely N-dealkylation sites (tertiary alicyclic amines) is 1. The van der Waals surface area contributed by atoms with E-state index in [-0.39, 0.29) is 5.56 Å². The van der Waals surface area contributed by atoms with E-state index in [9.17, 15) is 9.18 Å². The van der Waals surface area contributed by atoms with E-state index >= 15 is 0 Å². The average molecular weight is 280 g/mol. The van der Waals surface area contributed by atoms with Crippen LogP contribution in [0.25, 0.3) is 0 Å². The van der Waals surface area contributed by atoms with Crippen LogP contribution >= 0.6 is 0 Å². The van der Waals surface area contributed by atoms with Gasteiger partial charge in [0.25, 0.3) is 0 Å². The fourth-order valence-corrected chi connectivity index (χ4v) is 2.86. The van der Waals surface area contributed by atoms with E-state index in [4.69, 9.17) is 5.11 Å². The number of nitrogens with zero attached hydrogens (tertiary/aromatic N) is 2. The molecule has 4 nitrogen and oxygen atoms in total. The van der Waals surface area contributed by atoms with Crippen LogP contribution < -0.4 is 0 Å². The molecule has 1 aliphatic heterocycles. The minimum Gasteiger partial charge on any atom is -0.478 e. The highest BCUT2D eigenvalue weighted by molar-refractivity contribution is 5.89. The van der Waals surface area contributed by atoms with Crippen molar-refractivity contribution in [1.29, 1.82) is 0 Å². The Morgan fingerprint density at radius 1 is 1.55 bits per heavy atom. The van der Waals surface area contributed by atoms with E-state index in [0.717, 1.165) is 25.7 Å². The van der Waals surface area contributed by atoms with Crippen LogP contribution in [-0.2, 0) is 6.54 Å². The maximum Gasteiger partial charge on any atom is 0.336 e. The van der Waals surface area contributed by atoms with Gasteiger partial charge >= 0.3 is 5.97 Å². The summed E-state index contributed by atoms with van der Waals surface area (Å²) in [5.74, 6) is -0.960. The fraction of sp³-hybridized carbons (Fsp3) is 0.533. The molecule has 110 valence electrons. The van der Waals surface area contributed by atoms with Crippen molar-refractivity contribution in [1.82, 2.24) is 9.80 Å². The smallest absolute Gasteiger partial charge is 0.336 e. The summed E-state index contributed by atoms with van der Waals surface area (Å²) >= 11 is 0. The second-order valence-electron chi connectivity index (χ2n) is 5.72. The first-order valence-electron chi connectivity index (χ1n) is 6.84. The molecule has 0 bridgehead atoms. The van der Waals surface area contributed by atoms with Gasteiger partial charge in [0.15, 0.2) is 0 Å². The van der Waals surface area contributed by atoms with Crippen molar-refractivity contribution in [3.63, 3.8) is 0 Å². The molecule has 1 aromatic rings. The zero-order valence-electron chi connectivity index (χ0n) is 12.0. The van der Waals surface area contributed by atoms with Gasteiger partial charge in [0.1, 0.15) is 5.82 Å². The third-order valence-corrected chi connectivity index (χ3v) is 3.80. The van der Waals surface area contributed by atoms with E-state index in [0.29, 0.717) is 18.0 Å². The SMILES string of the molecule is CN1CCC(CN(C)Cc2ccc(F)cc2C(=O)O)C1. The largest absolute Gasteiger partial charge is 0.478 e. The molecule has 20 heavy (non-hydrogen) atoms. The lowest BCUT2D eigenvalue weighted by Gasteiger charge is -2.21. The van der Waals surface area contributed by atoms with Gasteiger partial charge in [0.2, 0.25) is 0 Å². The topological polar surface area (TPSA) is 43.8 Å². The maximum atomic E-state index is 13.1. The van der Waals surface area contributed by atoms with Crippen LogP contribution in [0.5, 0.6) is 0 Å². The predicted octanol–water partition coefficient (Wildman–Crippen LogP) is 1.91. The lowest BCUT2D eigenvalue weighted by atomic mass is 10.1. The normalized spacial score (nSPS) is 19.7. The molecule has 0 spiro atoms. The number of carbonyl (C=O) groups is 1. The van der Waals surface area contributed by atoms with Gasteiger partial charge in [-0.15, -0.1) is 0 Å². The number of carboxylic acid groups (broad SMARTS) is 1. The van der Waals surface area contributed by atoms with Gasteiger partial charge in [0, 0.05) is 19.6 Å². The Hall–Kier alpha value is -1.46.